The van der Waals surface area contributed by atoms with E-state index >= 15 is 0 Å². The summed E-state index contributed by atoms with van der Waals surface area (Å²) in [4.78, 5) is 38.1. The molecule has 404 valence electrons. The molecular weight excluding hydrogens is 841 g/mol. The molecule has 68 heavy (non-hydrogen) atoms. The van der Waals surface area contributed by atoms with E-state index in [0.717, 1.165) is 69.6 Å². The number of hydrogen-bond acceptors (Lipinski definition) is 6. The van der Waals surface area contributed by atoms with Crippen molar-refractivity contribution < 1.29 is 28.6 Å². The second-order valence-corrected chi connectivity index (χ2v) is 22.1. The zero-order valence-electron chi connectivity index (χ0n) is 46.7. The van der Waals surface area contributed by atoms with Gasteiger partial charge < -0.3 is 14.2 Å². The van der Waals surface area contributed by atoms with E-state index in [9.17, 15) is 14.4 Å². The molecule has 1 unspecified atom stereocenters. The van der Waals surface area contributed by atoms with Crippen LogP contribution in [0.5, 0.6) is 0 Å². The molecule has 6 nitrogen and oxygen atoms in total. The summed E-state index contributed by atoms with van der Waals surface area (Å²) in [5, 5.41) is 0. The first-order chi connectivity index (χ1) is 33.3. The molecule has 0 aromatic carbocycles. The van der Waals surface area contributed by atoms with Gasteiger partial charge in [0.05, 0.1) is 0 Å². The van der Waals surface area contributed by atoms with E-state index in [1.54, 1.807) is 0 Å². The maximum Gasteiger partial charge on any atom is 0.306 e. The van der Waals surface area contributed by atoms with Gasteiger partial charge in [0.25, 0.3) is 0 Å². The number of ether oxygens (including phenoxy) is 3. The van der Waals surface area contributed by atoms with Gasteiger partial charge in [0.2, 0.25) is 0 Å². The highest BCUT2D eigenvalue weighted by Gasteiger charge is 2.19. The molecule has 0 heterocycles. The second-order valence-electron chi connectivity index (χ2n) is 22.1. The van der Waals surface area contributed by atoms with Crippen molar-refractivity contribution in [3.05, 3.63) is 0 Å². The topological polar surface area (TPSA) is 78.9 Å². The predicted octanol–water partition coefficient (Wildman–Crippen LogP) is 20.4. The highest BCUT2D eigenvalue weighted by molar-refractivity contribution is 5.71. The molecule has 0 radical (unpaired) electrons. The zero-order chi connectivity index (χ0) is 49.6. The van der Waals surface area contributed by atoms with Crippen molar-refractivity contribution in [2.75, 3.05) is 13.2 Å². The smallest absolute Gasteiger partial charge is 0.306 e. The summed E-state index contributed by atoms with van der Waals surface area (Å²) in [5.41, 5.74) is 0. The highest BCUT2D eigenvalue weighted by atomic mass is 16.6. The number of esters is 3. The van der Waals surface area contributed by atoms with E-state index in [4.69, 9.17) is 14.2 Å². The monoisotopic (exact) mass is 961 g/mol. The summed E-state index contributed by atoms with van der Waals surface area (Å²) < 4.78 is 16.9. The third-order valence-corrected chi connectivity index (χ3v) is 14.6. The Morgan fingerprint density at radius 3 is 0.838 bits per heavy atom. The molecule has 0 spiro atoms. The highest BCUT2D eigenvalue weighted by Crippen LogP contribution is 2.19. The Hall–Kier alpha value is -1.59. The first-order valence-electron chi connectivity index (χ1n) is 30.8. The van der Waals surface area contributed by atoms with Crippen molar-refractivity contribution in [1.29, 1.82) is 0 Å². The van der Waals surface area contributed by atoms with Gasteiger partial charge >= 0.3 is 17.9 Å². The average Bonchev–Trinajstić information content (AvgIpc) is 3.32. The van der Waals surface area contributed by atoms with Crippen molar-refractivity contribution in [3.8, 4) is 0 Å². The Kier molecular flexibility index (Phi) is 53.5. The third-order valence-electron chi connectivity index (χ3n) is 14.6. The minimum absolute atomic E-state index is 0.0630. The van der Waals surface area contributed by atoms with E-state index in [1.807, 2.05) is 0 Å². The lowest BCUT2D eigenvalue weighted by Gasteiger charge is -2.18. The van der Waals surface area contributed by atoms with E-state index in [-0.39, 0.29) is 31.1 Å². The zero-order valence-corrected chi connectivity index (χ0v) is 46.7. The number of hydrogen-bond donors (Lipinski definition) is 0. The van der Waals surface area contributed by atoms with Crippen molar-refractivity contribution in [2.45, 2.75) is 355 Å². The van der Waals surface area contributed by atoms with Crippen LogP contribution in [0.3, 0.4) is 0 Å². The minimum Gasteiger partial charge on any atom is -0.462 e. The van der Waals surface area contributed by atoms with Crippen molar-refractivity contribution in [3.63, 3.8) is 0 Å². The molecule has 0 aliphatic heterocycles. The summed E-state index contributed by atoms with van der Waals surface area (Å²) in [6.07, 6.45) is 59.7. The van der Waals surface area contributed by atoms with Gasteiger partial charge in [-0.1, -0.05) is 311 Å². The van der Waals surface area contributed by atoms with Crippen LogP contribution in [-0.4, -0.2) is 37.2 Å². The van der Waals surface area contributed by atoms with Gasteiger partial charge in [-0.3, -0.25) is 14.4 Å². The molecule has 0 aromatic rings. The molecule has 0 aliphatic rings. The third kappa shape index (κ3) is 53.8. The molecule has 0 saturated carbocycles. The van der Waals surface area contributed by atoms with Crippen molar-refractivity contribution >= 4 is 17.9 Å². The maximum atomic E-state index is 12.9. The van der Waals surface area contributed by atoms with Gasteiger partial charge in [-0.25, -0.2) is 0 Å². The van der Waals surface area contributed by atoms with Crippen LogP contribution >= 0.6 is 0 Å². The van der Waals surface area contributed by atoms with Crippen LogP contribution < -0.4 is 0 Å². The molecule has 0 aromatic heterocycles. The lowest BCUT2D eigenvalue weighted by atomic mass is 9.99. The molecule has 0 amide bonds. The molecule has 0 aliphatic carbocycles. The van der Waals surface area contributed by atoms with Crippen LogP contribution in [0, 0.1) is 11.8 Å². The van der Waals surface area contributed by atoms with E-state index < -0.39 is 6.10 Å². The number of carbonyl (C=O) groups is 3. The lowest BCUT2D eigenvalue weighted by Crippen LogP contribution is -2.30. The number of unbranched alkanes of at least 4 members (excludes halogenated alkanes) is 40. The Morgan fingerprint density at radius 1 is 0.309 bits per heavy atom. The Bertz CT molecular complexity index is 1040. The Balaban J connectivity index is 4.19. The van der Waals surface area contributed by atoms with E-state index in [2.05, 4.69) is 34.6 Å². The summed E-state index contributed by atoms with van der Waals surface area (Å²) in [6.45, 7) is 11.4. The van der Waals surface area contributed by atoms with Crippen LogP contribution in [-0.2, 0) is 28.6 Å². The molecule has 0 bridgehead atoms. The van der Waals surface area contributed by atoms with Crippen LogP contribution in [0.2, 0.25) is 0 Å². The number of rotatable bonds is 56. The predicted molar refractivity (Wildman–Crippen MR) is 293 cm³/mol. The molecule has 2 atom stereocenters. The van der Waals surface area contributed by atoms with Gasteiger partial charge in [-0.05, 0) is 31.1 Å². The quantitative estimate of drug-likeness (QED) is 0.0343. The fraction of sp³-hybridized carbons (Fsp3) is 0.952. The molecule has 6 heteroatoms. The van der Waals surface area contributed by atoms with E-state index in [0.29, 0.717) is 19.3 Å². The van der Waals surface area contributed by atoms with E-state index in [1.165, 1.54) is 238 Å². The van der Waals surface area contributed by atoms with Crippen molar-refractivity contribution in [2.24, 2.45) is 11.8 Å². The summed E-state index contributed by atoms with van der Waals surface area (Å²) >= 11 is 0. The summed E-state index contributed by atoms with van der Waals surface area (Å²) in [5.74, 6) is 0.852. The standard InChI is InChI=1S/C62H120O6/c1-6-8-9-10-11-12-13-14-15-16-20-24-27-30-33-38-44-49-54-62(65)68-59(56-67-61(64)53-48-43-39-34-35-40-45-50-57(3)4)55-66-60(63)52-47-42-37-32-29-26-23-21-18-17-19-22-25-28-31-36-41-46-51-58(5)7-2/h57-59H,6-56H2,1-5H3/t58?,59-/m1/s1. The summed E-state index contributed by atoms with van der Waals surface area (Å²) in [6, 6.07) is 0. The van der Waals surface area contributed by atoms with Crippen LogP contribution in [0.1, 0.15) is 349 Å². The Morgan fingerprint density at radius 2 is 0.559 bits per heavy atom. The first kappa shape index (κ1) is 66.4. The lowest BCUT2D eigenvalue weighted by molar-refractivity contribution is -0.167. The van der Waals surface area contributed by atoms with Gasteiger partial charge in [-0.15, -0.1) is 0 Å². The normalized spacial score (nSPS) is 12.4. The van der Waals surface area contributed by atoms with Gasteiger partial charge in [0, 0.05) is 19.3 Å². The molecule has 0 fully saturated rings. The average molecular weight is 962 g/mol. The molecular formula is C62H120O6. The first-order valence-corrected chi connectivity index (χ1v) is 30.8. The fourth-order valence-corrected chi connectivity index (χ4v) is 9.55. The van der Waals surface area contributed by atoms with Gasteiger partial charge in [0.15, 0.2) is 6.10 Å². The maximum absolute atomic E-state index is 12.9. The molecule has 0 saturated heterocycles. The van der Waals surface area contributed by atoms with Crippen LogP contribution in [0.25, 0.3) is 0 Å². The molecule has 0 N–H and O–H groups in total. The van der Waals surface area contributed by atoms with Crippen LogP contribution in [0.15, 0.2) is 0 Å². The second kappa shape index (κ2) is 54.7. The van der Waals surface area contributed by atoms with Gasteiger partial charge in [0.1, 0.15) is 13.2 Å². The fourth-order valence-electron chi connectivity index (χ4n) is 9.55. The number of carbonyl (C=O) groups excluding carboxylic acids is 3. The van der Waals surface area contributed by atoms with Crippen LogP contribution in [0.4, 0.5) is 0 Å². The molecule has 0 rings (SSSR count). The Labute approximate surface area is 425 Å². The SMILES string of the molecule is CCCCCCCCCCCCCCCCCCCCC(=O)O[C@H](COC(=O)CCCCCCCCCCCCCCCCCCCCC(C)CC)COC(=O)CCCCCCCCCC(C)C. The largest absolute Gasteiger partial charge is 0.462 e. The van der Waals surface area contributed by atoms with Crippen molar-refractivity contribution in [1.82, 2.24) is 0 Å². The van der Waals surface area contributed by atoms with Gasteiger partial charge in [-0.2, -0.15) is 0 Å². The minimum atomic E-state index is -0.763. The summed E-state index contributed by atoms with van der Waals surface area (Å²) in [7, 11) is 0.